The number of quaternary nitrogens is 2. The minimum absolute atomic E-state index is 0. The molecule has 0 radical (unpaired) electrons. The van der Waals surface area contributed by atoms with Crippen LogP contribution in [-0.4, -0.2) is 25.7 Å². The standard InChI is InChI=1S/C4H10N2O2.2BrH/c1-8-4(7)3(6)2-5;;/h3H,2,5-6H2,1H3;2*1H. The topological polar surface area (TPSA) is 81.6 Å². The van der Waals surface area contributed by atoms with Crippen molar-refractivity contribution in [3.8, 4) is 0 Å². The molecule has 64 valence electrons. The first kappa shape index (κ1) is 16.7. The predicted molar refractivity (Wildman–Crippen MR) is 26.4 cm³/mol. The summed E-state index contributed by atoms with van der Waals surface area (Å²) in [6, 6.07) is -0.306. The summed E-state index contributed by atoms with van der Waals surface area (Å²) >= 11 is 0. The fourth-order valence-electron chi connectivity index (χ4n) is 0.285. The predicted octanol–water partition coefficient (Wildman–Crippen LogP) is -8.98. The van der Waals surface area contributed by atoms with Crippen molar-refractivity contribution in [2.45, 2.75) is 6.04 Å². The molecule has 0 aromatic heterocycles. The van der Waals surface area contributed by atoms with Crippen molar-refractivity contribution in [3.05, 3.63) is 0 Å². The van der Waals surface area contributed by atoms with Crippen molar-refractivity contribution < 1.29 is 55.0 Å². The molecule has 0 aromatic rings. The third-order valence-corrected chi connectivity index (χ3v) is 0.883. The van der Waals surface area contributed by atoms with E-state index < -0.39 is 0 Å². The van der Waals surface area contributed by atoms with E-state index in [9.17, 15) is 4.79 Å². The molecule has 0 aliphatic carbocycles. The lowest BCUT2D eigenvalue weighted by Gasteiger charge is -1.97. The summed E-state index contributed by atoms with van der Waals surface area (Å²) in [5.74, 6) is -0.292. The Morgan fingerprint density at radius 1 is 1.60 bits per heavy atom. The first-order chi connectivity index (χ1) is 3.72. The van der Waals surface area contributed by atoms with Gasteiger partial charge in [0.25, 0.3) is 0 Å². The molecule has 0 aliphatic heterocycles. The molecule has 0 amide bonds. The van der Waals surface area contributed by atoms with Crippen LogP contribution in [0, 0.1) is 0 Å². The van der Waals surface area contributed by atoms with Crippen LogP contribution in [0.3, 0.4) is 0 Å². The molecule has 1 atom stereocenters. The van der Waals surface area contributed by atoms with Gasteiger partial charge in [0, 0.05) is 0 Å². The number of esters is 1. The first-order valence-corrected chi connectivity index (χ1v) is 2.42. The molecule has 0 spiro atoms. The molecule has 6 heteroatoms. The van der Waals surface area contributed by atoms with E-state index in [4.69, 9.17) is 0 Å². The number of methoxy groups -OCH3 is 1. The smallest absolute Gasteiger partial charge is 0.370 e. The highest BCUT2D eigenvalue weighted by Gasteiger charge is 2.16. The summed E-state index contributed by atoms with van der Waals surface area (Å²) in [5, 5.41) is 0. The third-order valence-electron chi connectivity index (χ3n) is 0.883. The van der Waals surface area contributed by atoms with Gasteiger partial charge in [-0.25, -0.2) is 4.79 Å². The molecule has 0 aromatic carbocycles. The molecule has 0 heterocycles. The van der Waals surface area contributed by atoms with E-state index in [0.717, 1.165) is 0 Å². The number of hydrogen-bond acceptors (Lipinski definition) is 2. The van der Waals surface area contributed by atoms with Gasteiger partial charge >= 0.3 is 5.97 Å². The Balaban J connectivity index is -0.000000245. The second-order valence-corrected chi connectivity index (χ2v) is 1.51. The molecule has 0 fully saturated rings. The van der Waals surface area contributed by atoms with Gasteiger partial charge in [-0.3, -0.25) is 0 Å². The van der Waals surface area contributed by atoms with Gasteiger partial charge in [-0.15, -0.1) is 0 Å². The number of carbonyl (C=O) groups is 1. The lowest BCUT2D eigenvalue weighted by Crippen LogP contribution is -3.00. The summed E-state index contributed by atoms with van der Waals surface area (Å²) in [6.45, 7) is 0.493. The van der Waals surface area contributed by atoms with Crippen LogP contribution in [0.4, 0.5) is 0 Å². The van der Waals surface area contributed by atoms with Crippen molar-refractivity contribution in [3.63, 3.8) is 0 Å². The van der Waals surface area contributed by atoms with Crippen LogP contribution < -0.4 is 45.4 Å². The Morgan fingerprint density at radius 3 is 2.10 bits per heavy atom. The number of rotatable bonds is 2. The summed E-state index contributed by atoms with van der Waals surface area (Å²) in [7, 11) is 1.34. The highest BCUT2D eigenvalue weighted by Crippen LogP contribution is 1.73. The number of hydrogen-bond donors (Lipinski definition) is 2. The quantitative estimate of drug-likeness (QED) is 0.492. The number of halogens is 2. The zero-order chi connectivity index (χ0) is 6.57. The monoisotopic (exact) mass is 278 g/mol. The average Bonchev–Trinajstić information content (AvgIpc) is 1.84. The lowest BCUT2D eigenvalue weighted by atomic mass is 10.3. The van der Waals surface area contributed by atoms with Crippen LogP contribution in [-0.2, 0) is 9.53 Å². The van der Waals surface area contributed by atoms with Gasteiger partial charge < -0.3 is 50.2 Å². The van der Waals surface area contributed by atoms with E-state index in [2.05, 4.69) is 16.2 Å². The van der Waals surface area contributed by atoms with E-state index in [0.29, 0.717) is 6.54 Å². The highest BCUT2D eigenvalue weighted by molar-refractivity contribution is 5.73. The second kappa shape index (κ2) is 9.35. The van der Waals surface area contributed by atoms with Crippen LogP contribution in [0.1, 0.15) is 0 Å². The Labute approximate surface area is 80.8 Å². The average molecular weight is 280 g/mol. The molecular weight excluding hydrogens is 268 g/mol. The van der Waals surface area contributed by atoms with Crippen molar-refractivity contribution in [2.75, 3.05) is 13.7 Å². The van der Waals surface area contributed by atoms with E-state index >= 15 is 0 Å². The SMILES string of the molecule is COC(=O)C([NH3+])C[NH3+].[Br-].[Br-]. The van der Waals surface area contributed by atoms with E-state index in [1.165, 1.54) is 7.11 Å². The molecule has 1 unspecified atom stereocenters. The van der Waals surface area contributed by atoms with Gasteiger partial charge in [0.2, 0.25) is 6.04 Å². The van der Waals surface area contributed by atoms with Crippen molar-refractivity contribution >= 4 is 5.97 Å². The fourth-order valence-corrected chi connectivity index (χ4v) is 0.285. The zero-order valence-electron chi connectivity index (χ0n) is 5.77. The summed E-state index contributed by atoms with van der Waals surface area (Å²) in [6.07, 6.45) is 0. The molecule has 0 rings (SSSR count). The van der Waals surface area contributed by atoms with Gasteiger partial charge in [-0.05, 0) is 0 Å². The van der Waals surface area contributed by atoms with Gasteiger partial charge in [0.15, 0.2) is 0 Å². The molecule has 4 nitrogen and oxygen atoms in total. The Kier molecular flexibility index (Phi) is 15.7. The summed E-state index contributed by atoms with van der Waals surface area (Å²) in [4.78, 5) is 10.4. The van der Waals surface area contributed by atoms with Gasteiger partial charge in [-0.2, -0.15) is 0 Å². The molecule has 6 N–H and O–H groups in total. The van der Waals surface area contributed by atoms with Gasteiger partial charge in [0.05, 0.1) is 7.11 Å². The van der Waals surface area contributed by atoms with Crippen molar-refractivity contribution in [1.82, 2.24) is 0 Å². The van der Waals surface area contributed by atoms with Crippen LogP contribution in [0.15, 0.2) is 0 Å². The first-order valence-electron chi connectivity index (χ1n) is 2.42. The molecule has 0 aliphatic rings. The molecule has 0 bridgehead atoms. The zero-order valence-corrected chi connectivity index (χ0v) is 8.94. The van der Waals surface area contributed by atoms with E-state index in [-0.39, 0.29) is 46.0 Å². The molecular formula is C4H12Br2N2O2. The largest absolute Gasteiger partial charge is 1.00 e. The fraction of sp³-hybridized carbons (Fsp3) is 0.750. The maximum atomic E-state index is 10.4. The van der Waals surface area contributed by atoms with Crippen LogP contribution in [0.2, 0.25) is 0 Å². The summed E-state index contributed by atoms with van der Waals surface area (Å²) in [5.41, 5.74) is 6.98. The maximum Gasteiger partial charge on any atom is 0.370 e. The van der Waals surface area contributed by atoms with Gasteiger partial charge in [0.1, 0.15) is 6.54 Å². The van der Waals surface area contributed by atoms with E-state index in [1.54, 1.807) is 0 Å². The van der Waals surface area contributed by atoms with E-state index in [1.807, 2.05) is 0 Å². The number of ether oxygens (including phenoxy) is 1. The normalized spacial score (nSPS) is 10.3. The minimum atomic E-state index is -0.306. The Morgan fingerprint density at radius 2 is 2.00 bits per heavy atom. The van der Waals surface area contributed by atoms with Crippen LogP contribution in [0.5, 0.6) is 0 Å². The summed E-state index contributed by atoms with van der Waals surface area (Å²) < 4.78 is 4.36. The molecule has 10 heavy (non-hydrogen) atoms. The highest BCUT2D eigenvalue weighted by atomic mass is 79.9. The molecule has 0 saturated heterocycles. The van der Waals surface area contributed by atoms with Crippen LogP contribution >= 0.6 is 0 Å². The second-order valence-electron chi connectivity index (χ2n) is 1.51. The number of carbonyl (C=O) groups excluding carboxylic acids is 1. The maximum absolute atomic E-state index is 10.4. The van der Waals surface area contributed by atoms with Crippen LogP contribution in [0.25, 0.3) is 0 Å². The van der Waals surface area contributed by atoms with Gasteiger partial charge in [-0.1, -0.05) is 0 Å². The Bertz CT molecular complexity index is 91.3. The third kappa shape index (κ3) is 6.47. The Hall–Kier alpha value is 0.350. The minimum Gasteiger partial charge on any atom is -1.00 e. The van der Waals surface area contributed by atoms with Crippen molar-refractivity contribution in [1.29, 1.82) is 0 Å². The lowest BCUT2D eigenvalue weighted by molar-refractivity contribution is -0.482. The van der Waals surface area contributed by atoms with Crippen molar-refractivity contribution in [2.24, 2.45) is 0 Å². The molecule has 0 saturated carbocycles.